The summed E-state index contributed by atoms with van der Waals surface area (Å²) in [6.07, 6.45) is 6.19. The van der Waals surface area contributed by atoms with Crippen LogP contribution < -0.4 is 4.74 Å². The van der Waals surface area contributed by atoms with Crippen LogP contribution in [0.5, 0.6) is 5.75 Å². The minimum atomic E-state index is -0.159. The van der Waals surface area contributed by atoms with E-state index >= 15 is 0 Å². The van der Waals surface area contributed by atoms with Gasteiger partial charge in [-0.2, -0.15) is 0 Å². The third kappa shape index (κ3) is 3.23. The van der Waals surface area contributed by atoms with Crippen LogP contribution in [0.25, 0.3) is 11.5 Å². The van der Waals surface area contributed by atoms with Gasteiger partial charge in [-0.05, 0) is 19.3 Å². The summed E-state index contributed by atoms with van der Waals surface area (Å²) in [6.45, 7) is 1.11. The summed E-state index contributed by atoms with van der Waals surface area (Å²) in [5, 5.41) is 8.17. The van der Waals surface area contributed by atoms with Crippen molar-refractivity contribution in [2.45, 2.75) is 32.2 Å². The Balaban J connectivity index is 1.74. The van der Waals surface area contributed by atoms with Gasteiger partial charge in [0.1, 0.15) is 0 Å². The SMILES string of the molecule is COc1cnc(-c2nnn(C)c2COC2CCCCO2)nc1. The topological polar surface area (TPSA) is 84.2 Å². The van der Waals surface area contributed by atoms with E-state index < -0.39 is 0 Å². The average Bonchev–Trinajstić information content (AvgIpc) is 2.95. The number of hydrogen-bond acceptors (Lipinski definition) is 7. The van der Waals surface area contributed by atoms with Gasteiger partial charge in [-0.3, -0.25) is 0 Å². The maximum atomic E-state index is 5.81. The molecular formula is C14H19N5O3. The van der Waals surface area contributed by atoms with Gasteiger partial charge in [-0.25, -0.2) is 14.6 Å². The normalized spacial score (nSPS) is 18.4. The van der Waals surface area contributed by atoms with E-state index in [9.17, 15) is 0 Å². The van der Waals surface area contributed by atoms with Crippen LogP contribution >= 0.6 is 0 Å². The van der Waals surface area contributed by atoms with E-state index in [0.717, 1.165) is 31.6 Å². The molecular weight excluding hydrogens is 286 g/mol. The number of aromatic nitrogens is 5. The monoisotopic (exact) mass is 305 g/mol. The highest BCUT2D eigenvalue weighted by Crippen LogP contribution is 2.21. The van der Waals surface area contributed by atoms with Gasteiger partial charge in [-0.1, -0.05) is 5.21 Å². The molecule has 3 rings (SSSR count). The van der Waals surface area contributed by atoms with Gasteiger partial charge in [0, 0.05) is 13.7 Å². The molecule has 118 valence electrons. The molecule has 8 heteroatoms. The number of hydrogen-bond donors (Lipinski definition) is 0. The lowest BCUT2D eigenvalue weighted by molar-refractivity contribution is -0.169. The van der Waals surface area contributed by atoms with Crippen LogP contribution in [0.2, 0.25) is 0 Å². The molecule has 1 aliphatic heterocycles. The third-order valence-corrected chi connectivity index (χ3v) is 3.56. The standard InChI is InChI=1S/C14H19N5O3/c1-19-11(9-22-12-5-3-4-6-21-12)13(17-18-19)14-15-7-10(20-2)8-16-14/h7-8,12H,3-6,9H2,1-2H3. The fourth-order valence-electron chi connectivity index (χ4n) is 2.27. The van der Waals surface area contributed by atoms with Crippen molar-refractivity contribution < 1.29 is 14.2 Å². The van der Waals surface area contributed by atoms with E-state index in [1.807, 2.05) is 7.05 Å². The molecule has 0 aliphatic carbocycles. The molecule has 8 nitrogen and oxygen atoms in total. The summed E-state index contributed by atoms with van der Waals surface area (Å²) < 4.78 is 18.1. The van der Waals surface area contributed by atoms with Gasteiger partial charge in [0.15, 0.2) is 23.6 Å². The number of aryl methyl sites for hydroxylation is 1. The molecule has 0 N–H and O–H groups in total. The van der Waals surface area contributed by atoms with Crippen molar-refractivity contribution in [1.82, 2.24) is 25.0 Å². The van der Waals surface area contributed by atoms with Gasteiger partial charge in [0.2, 0.25) is 0 Å². The van der Waals surface area contributed by atoms with Crippen molar-refractivity contribution in [3.63, 3.8) is 0 Å². The highest BCUT2D eigenvalue weighted by atomic mass is 16.7. The Morgan fingerprint density at radius 2 is 2.14 bits per heavy atom. The summed E-state index contributed by atoms with van der Waals surface area (Å²) in [4.78, 5) is 8.50. The summed E-state index contributed by atoms with van der Waals surface area (Å²) in [7, 11) is 3.39. The van der Waals surface area contributed by atoms with Crippen molar-refractivity contribution in [1.29, 1.82) is 0 Å². The summed E-state index contributed by atoms with van der Waals surface area (Å²) >= 11 is 0. The molecule has 1 fully saturated rings. The first-order valence-corrected chi connectivity index (χ1v) is 7.26. The molecule has 1 unspecified atom stereocenters. The lowest BCUT2D eigenvalue weighted by atomic mass is 10.2. The quantitative estimate of drug-likeness (QED) is 0.823. The summed E-state index contributed by atoms with van der Waals surface area (Å²) in [5.74, 6) is 1.10. The Kier molecular flexibility index (Phi) is 4.59. The number of methoxy groups -OCH3 is 1. The van der Waals surface area contributed by atoms with Gasteiger partial charge in [0.05, 0.1) is 31.8 Å². The Labute approximate surface area is 128 Å². The van der Waals surface area contributed by atoms with Gasteiger partial charge in [0.25, 0.3) is 0 Å². The van der Waals surface area contributed by atoms with Crippen LogP contribution in [0.15, 0.2) is 12.4 Å². The number of rotatable bonds is 5. The van der Waals surface area contributed by atoms with Crippen LogP contribution in [0.1, 0.15) is 25.0 Å². The Bertz CT molecular complexity index is 607. The van der Waals surface area contributed by atoms with Gasteiger partial charge >= 0.3 is 0 Å². The van der Waals surface area contributed by atoms with Crippen molar-refractivity contribution in [2.24, 2.45) is 7.05 Å². The largest absolute Gasteiger partial charge is 0.494 e. The van der Waals surface area contributed by atoms with E-state index in [-0.39, 0.29) is 6.29 Å². The molecule has 1 aliphatic rings. The van der Waals surface area contributed by atoms with Gasteiger partial charge < -0.3 is 14.2 Å². The van der Waals surface area contributed by atoms with Crippen LogP contribution in [-0.2, 0) is 23.1 Å². The van der Waals surface area contributed by atoms with E-state index in [1.54, 1.807) is 24.2 Å². The zero-order valence-corrected chi connectivity index (χ0v) is 12.7. The minimum absolute atomic E-state index is 0.159. The van der Waals surface area contributed by atoms with Crippen molar-refractivity contribution in [2.75, 3.05) is 13.7 Å². The van der Waals surface area contributed by atoms with Crippen LogP contribution in [0.4, 0.5) is 0 Å². The molecule has 2 aromatic rings. The molecule has 2 aromatic heterocycles. The Hall–Kier alpha value is -2.06. The smallest absolute Gasteiger partial charge is 0.182 e. The highest BCUT2D eigenvalue weighted by Gasteiger charge is 2.19. The predicted octanol–water partition coefficient (Wildman–Crippen LogP) is 1.32. The summed E-state index contributed by atoms with van der Waals surface area (Å²) in [6, 6.07) is 0. The molecule has 0 saturated carbocycles. The molecule has 1 saturated heterocycles. The molecule has 1 atom stereocenters. The van der Waals surface area contributed by atoms with Crippen molar-refractivity contribution in [3.05, 3.63) is 18.1 Å². The molecule has 22 heavy (non-hydrogen) atoms. The lowest BCUT2D eigenvalue weighted by Crippen LogP contribution is -2.22. The second-order valence-corrected chi connectivity index (χ2v) is 5.06. The first-order chi connectivity index (χ1) is 10.8. The summed E-state index contributed by atoms with van der Waals surface area (Å²) in [5.41, 5.74) is 1.43. The molecule has 0 amide bonds. The van der Waals surface area contributed by atoms with Crippen molar-refractivity contribution >= 4 is 0 Å². The molecule has 0 aromatic carbocycles. The molecule has 3 heterocycles. The zero-order valence-electron chi connectivity index (χ0n) is 12.7. The maximum Gasteiger partial charge on any atom is 0.182 e. The fourth-order valence-corrected chi connectivity index (χ4v) is 2.27. The molecule has 0 spiro atoms. The minimum Gasteiger partial charge on any atom is -0.494 e. The maximum absolute atomic E-state index is 5.81. The predicted molar refractivity (Wildman–Crippen MR) is 77.0 cm³/mol. The third-order valence-electron chi connectivity index (χ3n) is 3.56. The van der Waals surface area contributed by atoms with Crippen molar-refractivity contribution in [3.8, 4) is 17.3 Å². The van der Waals surface area contributed by atoms with Crippen LogP contribution in [-0.4, -0.2) is 45.0 Å². The molecule has 0 radical (unpaired) electrons. The van der Waals surface area contributed by atoms with Crippen LogP contribution in [0, 0.1) is 0 Å². The second-order valence-electron chi connectivity index (χ2n) is 5.06. The number of nitrogens with zero attached hydrogens (tertiary/aromatic N) is 5. The average molecular weight is 305 g/mol. The van der Waals surface area contributed by atoms with E-state index in [2.05, 4.69) is 20.3 Å². The fraction of sp³-hybridized carbons (Fsp3) is 0.571. The number of ether oxygens (including phenoxy) is 3. The highest BCUT2D eigenvalue weighted by molar-refractivity contribution is 5.51. The lowest BCUT2D eigenvalue weighted by Gasteiger charge is -2.22. The molecule has 0 bridgehead atoms. The van der Waals surface area contributed by atoms with E-state index in [4.69, 9.17) is 14.2 Å². The first kappa shape index (κ1) is 14.9. The second kappa shape index (κ2) is 6.80. The van der Waals surface area contributed by atoms with Gasteiger partial charge in [-0.15, -0.1) is 5.10 Å². The first-order valence-electron chi connectivity index (χ1n) is 7.26. The Morgan fingerprint density at radius 3 is 2.82 bits per heavy atom. The zero-order chi connectivity index (χ0) is 15.4. The van der Waals surface area contributed by atoms with Crippen LogP contribution in [0.3, 0.4) is 0 Å². The van der Waals surface area contributed by atoms with E-state index in [1.165, 1.54) is 0 Å². The Morgan fingerprint density at radius 1 is 1.32 bits per heavy atom. The van der Waals surface area contributed by atoms with E-state index in [0.29, 0.717) is 23.9 Å².